The molecule has 2 atom stereocenters. The topological polar surface area (TPSA) is 92.8 Å². The maximum Gasteiger partial charge on any atom is 0.410 e. The fourth-order valence-electron chi connectivity index (χ4n) is 2.37. The summed E-state index contributed by atoms with van der Waals surface area (Å²) in [6, 6.07) is 0. The van der Waals surface area contributed by atoms with Crippen LogP contribution in [0.3, 0.4) is 0 Å². The van der Waals surface area contributed by atoms with E-state index in [1.807, 2.05) is 6.92 Å². The van der Waals surface area contributed by atoms with E-state index in [0.29, 0.717) is 19.5 Å². The number of sulfone groups is 1. The first-order chi connectivity index (χ1) is 10.4. The fourth-order valence-corrected chi connectivity index (χ4v) is 4.11. The summed E-state index contributed by atoms with van der Waals surface area (Å²) < 4.78 is 28.0. The number of hydrogen-bond donors (Lipinski definition) is 1. The van der Waals surface area contributed by atoms with E-state index in [1.54, 1.807) is 27.8 Å². The monoisotopic (exact) mass is 348 g/mol. The number of carbonyl (C=O) groups excluding carboxylic acids is 2. The molecule has 0 bridgehead atoms. The molecule has 0 unspecified atom stereocenters. The van der Waals surface area contributed by atoms with Gasteiger partial charge in [-0.3, -0.25) is 4.79 Å². The zero-order valence-electron chi connectivity index (χ0n) is 14.6. The highest BCUT2D eigenvalue weighted by Gasteiger charge is 2.33. The van der Waals surface area contributed by atoms with Crippen molar-refractivity contribution in [3.63, 3.8) is 0 Å². The van der Waals surface area contributed by atoms with E-state index in [4.69, 9.17) is 4.74 Å². The van der Waals surface area contributed by atoms with E-state index in [-0.39, 0.29) is 23.3 Å². The second-order valence-electron chi connectivity index (χ2n) is 7.31. The van der Waals surface area contributed by atoms with Gasteiger partial charge in [-0.05, 0) is 33.1 Å². The van der Waals surface area contributed by atoms with Gasteiger partial charge in [0.1, 0.15) is 5.60 Å². The number of nitrogens with one attached hydrogen (secondary N) is 1. The third kappa shape index (κ3) is 7.20. The van der Waals surface area contributed by atoms with Crippen molar-refractivity contribution < 1.29 is 22.7 Å². The molecule has 0 spiro atoms. The number of carbonyl (C=O) groups is 2. The third-order valence-corrected chi connectivity index (χ3v) is 5.29. The molecule has 7 nitrogen and oxygen atoms in total. The van der Waals surface area contributed by atoms with Gasteiger partial charge in [-0.25, -0.2) is 13.2 Å². The van der Waals surface area contributed by atoms with Crippen LogP contribution in [0.15, 0.2) is 0 Å². The fraction of sp³-hybridized carbons (Fsp3) is 0.867. The van der Waals surface area contributed by atoms with Crippen molar-refractivity contribution in [3.8, 4) is 0 Å². The maximum absolute atomic E-state index is 12.0. The van der Waals surface area contributed by atoms with Crippen LogP contribution in [0.4, 0.5) is 4.79 Å². The highest BCUT2D eigenvalue weighted by atomic mass is 32.2. The molecule has 1 N–H and O–H groups in total. The highest BCUT2D eigenvalue weighted by molar-refractivity contribution is 7.91. The minimum atomic E-state index is -3.06. The van der Waals surface area contributed by atoms with Gasteiger partial charge in [-0.2, -0.15) is 0 Å². The number of amides is 2. The van der Waals surface area contributed by atoms with Gasteiger partial charge in [0, 0.05) is 20.1 Å². The molecule has 134 valence electrons. The molecule has 1 aliphatic rings. The Morgan fingerprint density at radius 2 is 1.96 bits per heavy atom. The van der Waals surface area contributed by atoms with Crippen molar-refractivity contribution in [2.45, 2.75) is 39.7 Å². The molecular weight excluding hydrogens is 320 g/mol. The number of rotatable bonds is 5. The van der Waals surface area contributed by atoms with E-state index in [0.717, 1.165) is 0 Å². The first-order valence-electron chi connectivity index (χ1n) is 7.82. The quantitative estimate of drug-likeness (QED) is 0.801. The Kier molecular flexibility index (Phi) is 6.44. The first-order valence-corrected chi connectivity index (χ1v) is 9.64. The predicted octanol–water partition coefficient (Wildman–Crippen LogP) is 1.04. The van der Waals surface area contributed by atoms with E-state index in [1.165, 1.54) is 4.90 Å². The molecule has 0 aromatic heterocycles. The zero-order chi connectivity index (χ0) is 17.8. The molecule has 0 aliphatic carbocycles. The van der Waals surface area contributed by atoms with Crippen LogP contribution in [-0.2, 0) is 19.4 Å². The Hall–Kier alpha value is -1.31. The Morgan fingerprint density at radius 3 is 2.43 bits per heavy atom. The lowest BCUT2D eigenvalue weighted by Crippen LogP contribution is -2.40. The van der Waals surface area contributed by atoms with Gasteiger partial charge in [0.05, 0.1) is 17.4 Å². The van der Waals surface area contributed by atoms with E-state index in [9.17, 15) is 18.0 Å². The minimum Gasteiger partial charge on any atom is -0.444 e. The standard InChI is InChI=1S/C15H28N2O5S/c1-11(9-17(5)14(19)22-15(2,3)4)8-16-13(18)12-6-7-23(20,21)10-12/h11-12H,6-10H2,1-5H3,(H,16,18)/t11-,12-/m1/s1. The van der Waals surface area contributed by atoms with Crippen molar-refractivity contribution in [2.24, 2.45) is 11.8 Å². The van der Waals surface area contributed by atoms with Crippen molar-refractivity contribution in [1.29, 1.82) is 0 Å². The van der Waals surface area contributed by atoms with Gasteiger partial charge in [0.2, 0.25) is 5.91 Å². The molecule has 2 amide bonds. The van der Waals surface area contributed by atoms with Crippen LogP contribution in [-0.4, -0.2) is 62.6 Å². The van der Waals surface area contributed by atoms with Crippen LogP contribution in [0.1, 0.15) is 34.1 Å². The van der Waals surface area contributed by atoms with Gasteiger partial charge < -0.3 is 15.0 Å². The Labute approximate surface area is 138 Å². The zero-order valence-corrected chi connectivity index (χ0v) is 15.4. The summed E-state index contributed by atoms with van der Waals surface area (Å²) in [5, 5.41) is 2.77. The van der Waals surface area contributed by atoms with E-state index in [2.05, 4.69) is 5.32 Å². The van der Waals surface area contributed by atoms with E-state index < -0.39 is 27.4 Å². The van der Waals surface area contributed by atoms with Crippen molar-refractivity contribution in [1.82, 2.24) is 10.2 Å². The van der Waals surface area contributed by atoms with Crippen LogP contribution < -0.4 is 5.32 Å². The van der Waals surface area contributed by atoms with E-state index >= 15 is 0 Å². The maximum atomic E-state index is 12.0. The van der Waals surface area contributed by atoms with Crippen molar-refractivity contribution >= 4 is 21.8 Å². The second-order valence-corrected chi connectivity index (χ2v) is 9.54. The molecule has 0 aromatic rings. The smallest absolute Gasteiger partial charge is 0.410 e. The Morgan fingerprint density at radius 1 is 1.35 bits per heavy atom. The summed E-state index contributed by atoms with van der Waals surface area (Å²) in [5.74, 6) is -0.615. The summed E-state index contributed by atoms with van der Waals surface area (Å²) in [5.41, 5.74) is -0.545. The van der Waals surface area contributed by atoms with Gasteiger partial charge in [0.15, 0.2) is 9.84 Å². The number of ether oxygens (including phenoxy) is 1. The summed E-state index contributed by atoms with van der Waals surface area (Å²) in [6.07, 6.45) is -0.0158. The molecule has 1 rings (SSSR count). The van der Waals surface area contributed by atoms with Crippen LogP contribution in [0, 0.1) is 11.8 Å². The SMILES string of the molecule is C[C@H](CNC(=O)[C@@H]1CCS(=O)(=O)C1)CN(C)C(=O)OC(C)(C)C. The lowest BCUT2D eigenvalue weighted by molar-refractivity contribution is -0.124. The molecule has 0 aromatic carbocycles. The molecule has 1 aliphatic heterocycles. The van der Waals surface area contributed by atoms with Crippen LogP contribution in [0.5, 0.6) is 0 Å². The minimum absolute atomic E-state index is 0.0366. The largest absolute Gasteiger partial charge is 0.444 e. The highest BCUT2D eigenvalue weighted by Crippen LogP contribution is 2.18. The van der Waals surface area contributed by atoms with Gasteiger partial charge in [0.25, 0.3) is 0 Å². The molecule has 1 saturated heterocycles. The number of hydrogen-bond acceptors (Lipinski definition) is 5. The normalized spacial score (nSPS) is 21.5. The van der Waals surface area contributed by atoms with Gasteiger partial charge >= 0.3 is 6.09 Å². The summed E-state index contributed by atoms with van der Waals surface area (Å²) >= 11 is 0. The average Bonchev–Trinajstić information content (AvgIpc) is 2.74. The summed E-state index contributed by atoms with van der Waals surface area (Å²) in [4.78, 5) is 25.3. The van der Waals surface area contributed by atoms with Crippen LogP contribution in [0.25, 0.3) is 0 Å². The van der Waals surface area contributed by atoms with Crippen molar-refractivity contribution in [2.75, 3.05) is 31.6 Å². The average molecular weight is 348 g/mol. The molecule has 0 saturated carbocycles. The first kappa shape index (κ1) is 19.7. The summed E-state index contributed by atoms with van der Waals surface area (Å²) in [6.45, 7) is 8.15. The molecule has 1 fully saturated rings. The third-order valence-electron chi connectivity index (χ3n) is 3.52. The Balaban J connectivity index is 2.35. The van der Waals surface area contributed by atoms with Crippen molar-refractivity contribution in [3.05, 3.63) is 0 Å². The second kappa shape index (κ2) is 7.51. The van der Waals surface area contributed by atoms with Crippen LogP contribution in [0.2, 0.25) is 0 Å². The lowest BCUT2D eigenvalue weighted by Gasteiger charge is -2.26. The molecule has 8 heteroatoms. The molecule has 1 heterocycles. The number of nitrogens with zero attached hydrogens (tertiary/aromatic N) is 1. The Bertz CT molecular complexity index is 539. The summed E-state index contributed by atoms with van der Waals surface area (Å²) in [7, 11) is -1.41. The molecule has 0 radical (unpaired) electrons. The van der Waals surface area contributed by atoms with Crippen LogP contribution >= 0.6 is 0 Å². The molecule has 23 heavy (non-hydrogen) atoms. The van der Waals surface area contributed by atoms with Gasteiger partial charge in [-0.15, -0.1) is 0 Å². The molecular formula is C15H28N2O5S. The van der Waals surface area contributed by atoms with Gasteiger partial charge in [-0.1, -0.05) is 6.92 Å². The predicted molar refractivity (Wildman–Crippen MR) is 87.8 cm³/mol. The lowest BCUT2D eigenvalue weighted by atomic mass is 10.1.